The number of carbonyl (C=O) groups is 2. The Labute approximate surface area is 190 Å². The molecule has 0 spiro atoms. The van der Waals surface area contributed by atoms with Crippen molar-refractivity contribution in [2.45, 2.75) is 19.1 Å². The van der Waals surface area contributed by atoms with Gasteiger partial charge in [-0.3, -0.25) is 19.4 Å². The number of fused-ring (bicyclic) bond motifs is 1. The number of anilines is 2. The molecule has 8 nitrogen and oxygen atoms in total. The summed E-state index contributed by atoms with van der Waals surface area (Å²) in [5.41, 5.74) is -0.683. The van der Waals surface area contributed by atoms with Crippen molar-refractivity contribution in [1.82, 2.24) is 9.88 Å². The Hall–Kier alpha value is -3.41. The largest absolute Gasteiger partial charge is 0.416 e. The molecule has 4 rings (SSSR count). The van der Waals surface area contributed by atoms with E-state index in [4.69, 9.17) is 16.4 Å². The molecular weight excluding hydrogens is 470 g/mol. The SMILES string of the molecule is Cc1cc(C(F)(F)F)cc(N2C3=NOCC(=O)N3CC2C(=O)N(C)c2ccc(F)c(Cl)c2)n1. The Kier molecular flexibility index (Phi) is 5.64. The van der Waals surface area contributed by atoms with Crippen molar-refractivity contribution in [2.24, 2.45) is 5.16 Å². The van der Waals surface area contributed by atoms with Gasteiger partial charge in [0.15, 0.2) is 6.61 Å². The van der Waals surface area contributed by atoms with E-state index in [9.17, 15) is 27.2 Å². The molecule has 1 aromatic carbocycles. The molecule has 2 aliphatic rings. The van der Waals surface area contributed by atoms with E-state index in [0.29, 0.717) is 0 Å². The lowest BCUT2D eigenvalue weighted by atomic mass is 10.1. The maximum absolute atomic E-state index is 13.5. The summed E-state index contributed by atoms with van der Waals surface area (Å²) in [5, 5.41) is 3.58. The minimum Gasteiger partial charge on any atom is -0.383 e. The van der Waals surface area contributed by atoms with E-state index in [1.54, 1.807) is 0 Å². The molecular formula is C20H16ClF4N5O3. The highest BCUT2D eigenvalue weighted by molar-refractivity contribution is 6.31. The van der Waals surface area contributed by atoms with Crippen molar-refractivity contribution in [3.8, 4) is 0 Å². The number of oxime groups is 1. The number of alkyl halides is 3. The van der Waals surface area contributed by atoms with Gasteiger partial charge in [0.1, 0.15) is 17.7 Å². The first-order valence-electron chi connectivity index (χ1n) is 9.55. The molecule has 1 fully saturated rings. The van der Waals surface area contributed by atoms with Gasteiger partial charge in [0.2, 0.25) is 0 Å². The molecule has 1 atom stereocenters. The van der Waals surface area contributed by atoms with E-state index in [-0.39, 0.29) is 41.3 Å². The molecule has 3 heterocycles. The van der Waals surface area contributed by atoms with Crippen LogP contribution >= 0.6 is 11.6 Å². The second-order valence-electron chi connectivity index (χ2n) is 7.40. The first kappa shape index (κ1) is 22.8. The van der Waals surface area contributed by atoms with E-state index in [2.05, 4.69) is 10.1 Å². The highest BCUT2D eigenvalue weighted by Crippen LogP contribution is 2.34. The number of likely N-dealkylation sites (N-methyl/N-ethyl adjacent to an activating group) is 1. The summed E-state index contributed by atoms with van der Waals surface area (Å²) in [4.78, 5) is 38.2. The first-order chi connectivity index (χ1) is 15.5. The van der Waals surface area contributed by atoms with E-state index in [1.165, 1.54) is 26.1 Å². The van der Waals surface area contributed by atoms with Crippen LogP contribution in [0.4, 0.5) is 29.1 Å². The third-order valence-electron chi connectivity index (χ3n) is 5.18. The fourth-order valence-corrected chi connectivity index (χ4v) is 3.74. The zero-order valence-electron chi connectivity index (χ0n) is 17.2. The summed E-state index contributed by atoms with van der Waals surface area (Å²) in [6.45, 7) is 0.799. The number of amides is 2. The van der Waals surface area contributed by atoms with Crippen molar-refractivity contribution in [2.75, 3.05) is 30.0 Å². The summed E-state index contributed by atoms with van der Waals surface area (Å²) in [6, 6.07) is 4.09. The molecule has 13 heteroatoms. The number of hydrogen-bond donors (Lipinski definition) is 0. The van der Waals surface area contributed by atoms with Gasteiger partial charge < -0.3 is 9.74 Å². The lowest BCUT2D eigenvalue weighted by Crippen LogP contribution is -2.48. The molecule has 0 N–H and O–H groups in total. The van der Waals surface area contributed by atoms with Crippen molar-refractivity contribution < 1.29 is 32.0 Å². The van der Waals surface area contributed by atoms with Crippen LogP contribution < -0.4 is 9.80 Å². The van der Waals surface area contributed by atoms with Crippen LogP contribution in [-0.4, -0.2) is 53.9 Å². The molecule has 1 unspecified atom stereocenters. The van der Waals surface area contributed by atoms with Crippen LogP contribution in [0.2, 0.25) is 5.02 Å². The number of rotatable bonds is 3. The molecule has 2 aliphatic heterocycles. The van der Waals surface area contributed by atoms with Crippen LogP contribution in [0.1, 0.15) is 11.3 Å². The minimum absolute atomic E-state index is 0.0480. The number of aryl methyl sites for hydroxylation is 1. The third kappa shape index (κ3) is 4.17. The molecule has 0 radical (unpaired) electrons. The maximum Gasteiger partial charge on any atom is 0.416 e. The van der Waals surface area contributed by atoms with Gasteiger partial charge in [0.25, 0.3) is 17.8 Å². The predicted octanol–water partition coefficient (Wildman–Crippen LogP) is 3.18. The normalized spacial score (nSPS) is 18.1. The van der Waals surface area contributed by atoms with Gasteiger partial charge in [0.05, 0.1) is 17.1 Å². The summed E-state index contributed by atoms with van der Waals surface area (Å²) in [6.07, 6.45) is -4.66. The molecule has 0 saturated carbocycles. The fraction of sp³-hybridized carbons (Fsp3) is 0.300. The van der Waals surface area contributed by atoms with E-state index in [0.717, 1.165) is 32.9 Å². The summed E-state index contributed by atoms with van der Waals surface area (Å²) >= 11 is 5.81. The number of carbonyl (C=O) groups excluding carboxylic acids is 2. The van der Waals surface area contributed by atoms with Gasteiger partial charge in [-0.15, -0.1) is 0 Å². The second-order valence-corrected chi connectivity index (χ2v) is 7.81. The van der Waals surface area contributed by atoms with E-state index in [1.807, 2.05) is 0 Å². The predicted molar refractivity (Wildman–Crippen MR) is 110 cm³/mol. The smallest absolute Gasteiger partial charge is 0.383 e. The standard InChI is InChI=1S/C20H16ClF4N5O3/c1-10-5-11(20(23,24)25)6-16(26-10)30-15(8-29-17(31)9-33-27-19(29)30)18(32)28(2)12-3-4-14(22)13(21)7-12/h3-7,15H,8-9H2,1-2H3. The Morgan fingerprint density at radius 2 is 2.00 bits per heavy atom. The Morgan fingerprint density at radius 3 is 2.67 bits per heavy atom. The number of pyridine rings is 1. The number of hydrogen-bond acceptors (Lipinski definition) is 6. The molecule has 1 saturated heterocycles. The van der Waals surface area contributed by atoms with Gasteiger partial charge in [-0.2, -0.15) is 13.2 Å². The zero-order chi connectivity index (χ0) is 24.1. The minimum atomic E-state index is -4.66. The Bertz CT molecular complexity index is 1170. The topological polar surface area (TPSA) is 78.3 Å². The number of halogens is 5. The summed E-state index contributed by atoms with van der Waals surface area (Å²) < 4.78 is 53.8. The number of benzene rings is 1. The monoisotopic (exact) mass is 485 g/mol. The lowest BCUT2D eigenvalue weighted by Gasteiger charge is -2.28. The zero-order valence-corrected chi connectivity index (χ0v) is 18.0. The van der Waals surface area contributed by atoms with Crippen molar-refractivity contribution in [1.29, 1.82) is 0 Å². The van der Waals surface area contributed by atoms with Gasteiger partial charge in [-0.1, -0.05) is 11.6 Å². The van der Waals surface area contributed by atoms with Crippen molar-refractivity contribution >= 4 is 40.9 Å². The van der Waals surface area contributed by atoms with Gasteiger partial charge in [-0.05, 0) is 42.4 Å². The average molecular weight is 486 g/mol. The van der Waals surface area contributed by atoms with Crippen LogP contribution in [0.25, 0.3) is 0 Å². The number of guanidine groups is 1. The fourth-order valence-electron chi connectivity index (χ4n) is 3.57. The Morgan fingerprint density at radius 1 is 1.27 bits per heavy atom. The quantitative estimate of drug-likeness (QED) is 0.624. The number of nitrogens with zero attached hydrogens (tertiary/aromatic N) is 5. The average Bonchev–Trinajstić information content (AvgIpc) is 3.14. The molecule has 2 amide bonds. The van der Waals surface area contributed by atoms with Crippen molar-refractivity contribution in [3.63, 3.8) is 0 Å². The molecule has 33 heavy (non-hydrogen) atoms. The van der Waals surface area contributed by atoms with Gasteiger partial charge in [-0.25, -0.2) is 9.37 Å². The van der Waals surface area contributed by atoms with Crippen LogP contribution in [0.5, 0.6) is 0 Å². The Balaban J connectivity index is 1.78. The highest BCUT2D eigenvalue weighted by atomic mass is 35.5. The van der Waals surface area contributed by atoms with E-state index >= 15 is 0 Å². The molecule has 1 aromatic heterocycles. The summed E-state index contributed by atoms with van der Waals surface area (Å²) in [5.74, 6) is -2.19. The molecule has 0 bridgehead atoms. The lowest BCUT2D eigenvalue weighted by molar-refractivity contribution is -0.137. The maximum atomic E-state index is 13.5. The molecule has 174 valence electrons. The third-order valence-corrected chi connectivity index (χ3v) is 5.47. The van der Waals surface area contributed by atoms with Crippen LogP contribution in [0.15, 0.2) is 35.5 Å². The van der Waals surface area contributed by atoms with Gasteiger partial charge >= 0.3 is 6.18 Å². The second kappa shape index (κ2) is 8.18. The molecule has 2 aromatic rings. The number of aromatic nitrogens is 1. The van der Waals surface area contributed by atoms with Crippen LogP contribution in [0.3, 0.4) is 0 Å². The highest BCUT2D eigenvalue weighted by Gasteiger charge is 2.47. The summed E-state index contributed by atoms with van der Waals surface area (Å²) in [7, 11) is 1.40. The van der Waals surface area contributed by atoms with Crippen LogP contribution in [-0.2, 0) is 20.6 Å². The van der Waals surface area contributed by atoms with Crippen LogP contribution in [0, 0.1) is 12.7 Å². The first-order valence-corrected chi connectivity index (χ1v) is 9.93. The van der Waals surface area contributed by atoms with Crippen molar-refractivity contribution in [3.05, 3.63) is 52.4 Å². The van der Waals surface area contributed by atoms with Gasteiger partial charge in [0, 0.05) is 18.4 Å². The van der Waals surface area contributed by atoms with E-state index < -0.39 is 35.4 Å². The molecule has 0 aliphatic carbocycles.